The van der Waals surface area contributed by atoms with Crippen molar-refractivity contribution in [3.05, 3.63) is 35.4 Å². The summed E-state index contributed by atoms with van der Waals surface area (Å²) in [6.45, 7) is 12.1. The van der Waals surface area contributed by atoms with Crippen LogP contribution in [-0.4, -0.2) is 48.0 Å². The Labute approximate surface area is 186 Å². The summed E-state index contributed by atoms with van der Waals surface area (Å²) < 4.78 is 5.22. The monoisotopic (exact) mass is 433 g/mol. The second-order valence-electron chi connectivity index (χ2n) is 8.75. The Morgan fingerprint density at radius 1 is 1.00 bits per heavy atom. The molecule has 1 atom stereocenters. The molecule has 2 N–H and O–H groups in total. The summed E-state index contributed by atoms with van der Waals surface area (Å²) in [5, 5.41) is 5.48. The normalized spacial score (nSPS) is 12.1. The molecule has 7 nitrogen and oxygen atoms in total. The minimum atomic E-state index is -0.753. The number of benzene rings is 1. The van der Waals surface area contributed by atoms with Gasteiger partial charge in [-0.15, -0.1) is 0 Å². The molecule has 0 spiro atoms. The highest BCUT2D eigenvalue weighted by molar-refractivity contribution is 5.90. The van der Waals surface area contributed by atoms with Crippen molar-refractivity contribution in [3.8, 4) is 0 Å². The van der Waals surface area contributed by atoms with Crippen LogP contribution in [0.4, 0.5) is 4.79 Å². The van der Waals surface area contributed by atoms with E-state index in [1.54, 1.807) is 25.7 Å². The van der Waals surface area contributed by atoms with Crippen LogP contribution in [0, 0.1) is 6.92 Å². The van der Waals surface area contributed by atoms with Crippen molar-refractivity contribution in [2.45, 2.75) is 78.9 Å². The molecule has 0 saturated carbocycles. The molecule has 0 aromatic heterocycles. The summed E-state index contributed by atoms with van der Waals surface area (Å²) in [5.74, 6) is -0.533. The van der Waals surface area contributed by atoms with E-state index >= 15 is 0 Å². The molecule has 0 saturated heterocycles. The van der Waals surface area contributed by atoms with Crippen LogP contribution in [0.25, 0.3) is 0 Å². The van der Waals surface area contributed by atoms with E-state index in [4.69, 9.17) is 4.74 Å². The zero-order chi connectivity index (χ0) is 23.4. The molecule has 1 rings (SSSR count). The lowest BCUT2D eigenvalue weighted by Crippen LogP contribution is -2.48. The van der Waals surface area contributed by atoms with Crippen molar-refractivity contribution in [1.82, 2.24) is 15.5 Å². The Kier molecular flexibility index (Phi) is 11.1. The van der Waals surface area contributed by atoms with Gasteiger partial charge in [0.1, 0.15) is 18.2 Å². The second-order valence-corrected chi connectivity index (χ2v) is 8.75. The van der Waals surface area contributed by atoms with Gasteiger partial charge in [-0.3, -0.25) is 9.59 Å². The van der Waals surface area contributed by atoms with Crippen molar-refractivity contribution in [1.29, 1.82) is 0 Å². The Hall–Kier alpha value is -2.57. The van der Waals surface area contributed by atoms with Crippen LogP contribution >= 0.6 is 0 Å². The number of hydrogen-bond donors (Lipinski definition) is 2. The third kappa shape index (κ3) is 9.85. The van der Waals surface area contributed by atoms with E-state index in [9.17, 15) is 14.4 Å². The first-order valence-corrected chi connectivity index (χ1v) is 11.2. The number of alkyl carbamates (subject to hydrolysis) is 1. The van der Waals surface area contributed by atoms with Crippen molar-refractivity contribution in [3.63, 3.8) is 0 Å². The lowest BCUT2D eigenvalue weighted by atomic mass is 10.0. The van der Waals surface area contributed by atoms with Gasteiger partial charge in [0, 0.05) is 13.1 Å². The average Bonchev–Trinajstić information content (AvgIpc) is 2.69. The third-order valence-electron chi connectivity index (χ3n) is 4.64. The lowest BCUT2D eigenvalue weighted by Gasteiger charge is -2.32. The summed E-state index contributed by atoms with van der Waals surface area (Å²) >= 11 is 0. The number of carbonyl (C=O) groups is 3. The van der Waals surface area contributed by atoms with Crippen LogP contribution in [0.5, 0.6) is 0 Å². The minimum absolute atomic E-state index is 0.209. The zero-order valence-corrected chi connectivity index (χ0v) is 19.9. The molecule has 1 unspecified atom stereocenters. The van der Waals surface area contributed by atoms with Crippen molar-refractivity contribution < 1.29 is 19.1 Å². The first-order chi connectivity index (χ1) is 14.6. The van der Waals surface area contributed by atoms with Crippen LogP contribution < -0.4 is 10.6 Å². The maximum Gasteiger partial charge on any atom is 0.408 e. The maximum atomic E-state index is 13.1. The van der Waals surface area contributed by atoms with E-state index in [1.807, 2.05) is 38.1 Å². The fourth-order valence-corrected chi connectivity index (χ4v) is 3.00. The topological polar surface area (TPSA) is 87.7 Å². The van der Waals surface area contributed by atoms with E-state index in [-0.39, 0.29) is 18.4 Å². The van der Waals surface area contributed by atoms with Gasteiger partial charge in [-0.2, -0.15) is 0 Å². The molecular formula is C24H39N3O4. The van der Waals surface area contributed by atoms with Crippen LogP contribution in [0.1, 0.15) is 77.5 Å². The molecule has 0 fully saturated rings. The van der Waals surface area contributed by atoms with Gasteiger partial charge in [-0.1, -0.05) is 56.5 Å². The molecule has 0 bridgehead atoms. The molecule has 7 heteroatoms. The van der Waals surface area contributed by atoms with Gasteiger partial charge in [0.05, 0.1) is 0 Å². The Balaban J connectivity index is 3.08. The first kappa shape index (κ1) is 26.5. The van der Waals surface area contributed by atoms with Crippen molar-refractivity contribution >= 4 is 17.9 Å². The number of aryl methyl sites for hydroxylation is 1. The Morgan fingerprint density at radius 3 is 2.16 bits per heavy atom. The number of carbonyl (C=O) groups excluding carboxylic acids is 3. The Morgan fingerprint density at radius 2 is 1.61 bits per heavy atom. The molecule has 0 aliphatic heterocycles. The highest BCUT2D eigenvalue weighted by Crippen LogP contribution is 2.23. The molecule has 31 heavy (non-hydrogen) atoms. The largest absolute Gasteiger partial charge is 0.444 e. The van der Waals surface area contributed by atoms with Gasteiger partial charge in [0.15, 0.2) is 0 Å². The van der Waals surface area contributed by atoms with Gasteiger partial charge >= 0.3 is 6.09 Å². The second kappa shape index (κ2) is 13.0. The molecule has 0 aliphatic carbocycles. The number of nitrogens with one attached hydrogen (secondary N) is 2. The molecule has 3 amide bonds. The van der Waals surface area contributed by atoms with E-state index in [1.165, 1.54) is 0 Å². The number of rotatable bonds is 11. The molecule has 174 valence electrons. The molecule has 1 aromatic carbocycles. The lowest BCUT2D eigenvalue weighted by molar-refractivity contribution is -0.140. The summed E-state index contributed by atoms with van der Waals surface area (Å²) in [6.07, 6.45) is 2.81. The maximum absolute atomic E-state index is 13.1. The van der Waals surface area contributed by atoms with Crippen LogP contribution in [0.2, 0.25) is 0 Å². The van der Waals surface area contributed by atoms with Crippen LogP contribution in [0.3, 0.4) is 0 Å². The number of amides is 3. The summed E-state index contributed by atoms with van der Waals surface area (Å²) in [7, 11) is 0. The first-order valence-electron chi connectivity index (χ1n) is 11.2. The molecule has 1 aromatic rings. The van der Waals surface area contributed by atoms with Gasteiger partial charge in [0.25, 0.3) is 0 Å². The highest BCUT2D eigenvalue weighted by Gasteiger charge is 2.31. The molecular weight excluding hydrogens is 394 g/mol. The van der Waals surface area contributed by atoms with Crippen molar-refractivity contribution in [2.24, 2.45) is 0 Å². The minimum Gasteiger partial charge on any atom is -0.444 e. The number of ether oxygens (including phenoxy) is 1. The van der Waals surface area contributed by atoms with Crippen molar-refractivity contribution in [2.75, 3.05) is 19.6 Å². The fourth-order valence-electron chi connectivity index (χ4n) is 3.00. The number of hydrogen-bond acceptors (Lipinski definition) is 4. The number of nitrogens with zero attached hydrogens (tertiary/aromatic N) is 1. The fraction of sp³-hybridized carbons (Fsp3) is 0.625. The SMILES string of the molecule is CCCCNC(=O)C(c1ccc(C)cc1)N(CCCC)C(=O)CNC(=O)OC(C)(C)C. The number of unbranched alkanes of at least 4 members (excludes halogenated alkanes) is 2. The van der Waals surface area contributed by atoms with Gasteiger partial charge in [0.2, 0.25) is 11.8 Å². The summed E-state index contributed by atoms with van der Waals surface area (Å²) in [5.41, 5.74) is 1.17. The zero-order valence-electron chi connectivity index (χ0n) is 19.9. The molecule has 0 heterocycles. The molecule has 0 aliphatic rings. The third-order valence-corrected chi connectivity index (χ3v) is 4.64. The quantitative estimate of drug-likeness (QED) is 0.514. The smallest absolute Gasteiger partial charge is 0.408 e. The van der Waals surface area contributed by atoms with Crippen LogP contribution in [0.15, 0.2) is 24.3 Å². The predicted molar refractivity (Wildman–Crippen MR) is 123 cm³/mol. The highest BCUT2D eigenvalue weighted by atomic mass is 16.6. The standard InChI is InChI=1S/C24H39N3O4/c1-7-9-15-25-22(29)21(19-13-11-18(3)12-14-19)27(16-10-8-2)20(28)17-26-23(30)31-24(4,5)6/h11-14,21H,7-10,15-17H2,1-6H3,(H,25,29)(H,26,30). The summed E-state index contributed by atoms with van der Waals surface area (Å²) in [6, 6.07) is 6.88. The van der Waals surface area contributed by atoms with E-state index in [0.717, 1.165) is 36.8 Å². The van der Waals surface area contributed by atoms with Gasteiger partial charge in [-0.05, 0) is 46.1 Å². The summed E-state index contributed by atoms with van der Waals surface area (Å²) in [4.78, 5) is 39.8. The van der Waals surface area contributed by atoms with Gasteiger partial charge in [-0.25, -0.2) is 4.79 Å². The van der Waals surface area contributed by atoms with Gasteiger partial charge < -0.3 is 20.3 Å². The van der Waals surface area contributed by atoms with E-state index in [2.05, 4.69) is 17.6 Å². The van der Waals surface area contributed by atoms with Crippen LogP contribution in [-0.2, 0) is 14.3 Å². The predicted octanol–water partition coefficient (Wildman–Crippen LogP) is 4.11. The Bertz CT molecular complexity index is 711. The average molecular weight is 434 g/mol. The van der Waals surface area contributed by atoms with E-state index in [0.29, 0.717) is 13.1 Å². The molecule has 0 radical (unpaired) electrons. The van der Waals surface area contributed by atoms with E-state index < -0.39 is 17.7 Å².